The molecule has 3 rings (SSSR count). The van der Waals surface area contributed by atoms with Gasteiger partial charge in [-0.05, 0) is 25.8 Å². The third-order valence-electron chi connectivity index (χ3n) is 4.14. The quantitative estimate of drug-likeness (QED) is 0.725. The van der Waals surface area contributed by atoms with Crippen molar-refractivity contribution < 1.29 is 0 Å². The van der Waals surface area contributed by atoms with Crippen molar-refractivity contribution in [1.29, 1.82) is 0 Å². The number of anilines is 3. The molecule has 4 N–H and O–H groups in total. The number of hydrogen-bond donors (Lipinski definition) is 2. The maximum absolute atomic E-state index is 5.86. The highest BCUT2D eigenvalue weighted by atomic mass is 15.3. The minimum atomic E-state index is 0.266. The zero-order chi connectivity index (χ0) is 12.9. The maximum atomic E-state index is 5.86. The van der Waals surface area contributed by atoms with Crippen LogP contribution in [0.25, 0.3) is 0 Å². The lowest BCUT2D eigenvalue weighted by molar-refractivity contribution is 0.387. The molecule has 6 heteroatoms. The molecule has 0 unspecified atom stereocenters. The third kappa shape index (κ3) is 1.77. The van der Waals surface area contributed by atoms with Crippen molar-refractivity contribution in [3.63, 3.8) is 0 Å². The lowest BCUT2D eigenvalue weighted by Crippen LogP contribution is -2.28. The summed E-state index contributed by atoms with van der Waals surface area (Å²) in [6, 6.07) is 0. The van der Waals surface area contributed by atoms with Gasteiger partial charge in [0.05, 0.1) is 0 Å². The van der Waals surface area contributed by atoms with Gasteiger partial charge in [0.15, 0.2) is 0 Å². The molecule has 18 heavy (non-hydrogen) atoms. The standard InChI is InChI=1S/C12H20N6/c1-7-10(13)15-12(14)16-11(7)18-5-8-3-17(2)4-9(8)6-18/h8-9H,3-6H2,1-2H3,(H4,13,14,15,16)/t8-,9+. The fourth-order valence-electron chi connectivity index (χ4n) is 3.25. The molecule has 2 aliphatic heterocycles. The SMILES string of the molecule is Cc1c(N)nc(N)nc1N1C[C@H]2CN(C)C[C@H]2C1. The normalized spacial score (nSPS) is 27.8. The van der Waals surface area contributed by atoms with Crippen LogP contribution >= 0.6 is 0 Å². The fraction of sp³-hybridized carbons (Fsp3) is 0.667. The summed E-state index contributed by atoms with van der Waals surface area (Å²) < 4.78 is 0. The first-order valence-corrected chi connectivity index (χ1v) is 6.37. The minimum absolute atomic E-state index is 0.266. The van der Waals surface area contributed by atoms with Gasteiger partial charge in [-0.2, -0.15) is 9.97 Å². The van der Waals surface area contributed by atoms with E-state index in [-0.39, 0.29) is 5.95 Å². The van der Waals surface area contributed by atoms with E-state index in [4.69, 9.17) is 11.5 Å². The van der Waals surface area contributed by atoms with Crippen LogP contribution in [0.3, 0.4) is 0 Å². The van der Waals surface area contributed by atoms with Gasteiger partial charge in [-0.25, -0.2) is 0 Å². The summed E-state index contributed by atoms with van der Waals surface area (Å²) in [7, 11) is 2.19. The molecule has 0 radical (unpaired) electrons. The molecular formula is C12H20N6. The van der Waals surface area contributed by atoms with E-state index in [1.165, 1.54) is 13.1 Å². The monoisotopic (exact) mass is 248 g/mol. The Morgan fingerprint density at radius 3 is 2.28 bits per heavy atom. The summed E-state index contributed by atoms with van der Waals surface area (Å²) in [5, 5.41) is 0. The Labute approximate surface area is 107 Å². The molecule has 2 fully saturated rings. The number of fused-ring (bicyclic) bond motifs is 1. The molecule has 2 atom stereocenters. The van der Waals surface area contributed by atoms with Crippen LogP contribution in [0.1, 0.15) is 5.56 Å². The van der Waals surface area contributed by atoms with Crippen LogP contribution in [0.15, 0.2) is 0 Å². The summed E-state index contributed by atoms with van der Waals surface area (Å²) in [5.74, 6) is 3.16. The van der Waals surface area contributed by atoms with Gasteiger partial charge in [0.25, 0.3) is 0 Å². The Morgan fingerprint density at radius 2 is 1.67 bits per heavy atom. The van der Waals surface area contributed by atoms with Crippen molar-refractivity contribution in [3.05, 3.63) is 5.56 Å². The molecule has 1 aromatic rings. The molecule has 0 bridgehead atoms. The van der Waals surface area contributed by atoms with Gasteiger partial charge in [-0.1, -0.05) is 0 Å². The van der Waals surface area contributed by atoms with E-state index in [0.717, 1.165) is 36.3 Å². The molecule has 0 saturated carbocycles. The third-order valence-corrected chi connectivity index (χ3v) is 4.14. The first-order chi connectivity index (χ1) is 8.54. The number of aromatic nitrogens is 2. The lowest BCUT2D eigenvalue weighted by Gasteiger charge is -2.22. The highest BCUT2D eigenvalue weighted by Gasteiger charge is 2.39. The summed E-state index contributed by atoms with van der Waals surface area (Å²) >= 11 is 0. The molecule has 0 amide bonds. The second-order valence-electron chi connectivity index (χ2n) is 5.56. The van der Waals surface area contributed by atoms with E-state index in [1.807, 2.05) is 6.92 Å². The molecule has 98 valence electrons. The molecule has 0 aromatic carbocycles. The highest BCUT2D eigenvalue weighted by Crippen LogP contribution is 2.34. The Morgan fingerprint density at radius 1 is 1.06 bits per heavy atom. The zero-order valence-electron chi connectivity index (χ0n) is 10.9. The Hall–Kier alpha value is -1.56. The summed E-state index contributed by atoms with van der Waals surface area (Å²) in [6.07, 6.45) is 0. The average Bonchev–Trinajstić information content (AvgIpc) is 2.80. The van der Waals surface area contributed by atoms with Crippen molar-refractivity contribution in [3.8, 4) is 0 Å². The summed E-state index contributed by atoms with van der Waals surface area (Å²) in [6.45, 7) is 6.41. The van der Waals surface area contributed by atoms with Crippen LogP contribution in [-0.2, 0) is 0 Å². The van der Waals surface area contributed by atoms with Gasteiger partial charge in [-0.15, -0.1) is 0 Å². The van der Waals surface area contributed by atoms with Crippen LogP contribution in [-0.4, -0.2) is 48.1 Å². The van der Waals surface area contributed by atoms with Gasteiger partial charge in [0.2, 0.25) is 5.95 Å². The number of nitrogens with zero attached hydrogens (tertiary/aromatic N) is 4. The second-order valence-corrected chi connectivity index (χ2v) is 5.56. The number of nitrogen functional groups attached to an aromatic ring is 2. The van der Waals surface area contributed by atoms with Crippen LogP contribution in [0.4, 0.5) is 17.6 Å². The first kappa shape index (κ1) is 11.5. The van der Waals surface area contributed by atoms with Crippen LogP contribution < -0.4 is 16.4 Å². The number of hydrogen-bond acceptors (Lipinski definition) is 6. The van der Waals surface area contributed by atoms with E-state index in [9.17, 15) is 0 Å². The van der Waals surface area contributed by atoms with E-state index >= 15 is 0 Å². The van der Waals surface area contributed by atoms with Gasteiger partial charge in [0.1, 0.15) is 11.6 Å². The molecule has 2 aliphatic rings. The smallest absolute Gasteiger partial charge is 0.223 e. The van der Waals surface area contributed by atoms with E-state index < -0.39 is 0 Å². The summed E-state index contributed by atoms with van der Waals surface area (Å²) in [4.78, 5) is 13.1. The average molecular weight is 248 g/mol. The van der Waals surface area contributed by atoms with Crippen molar-refractivity contribution >= 4 is 17.6 Å². The Bertz CT molecular complexity index is 460. The van der Waals surface area contributed by atoms with Crippen LogP contribution in [0.5, 0.6) is 0 Å². The van der Waals surface area contributed by atoms with Gasteiger partial charge < -0.3 is 21.3 Å². The predicted octanol–water partition coefficient (Wildman–Crippen LogP) is -0.0528. The Balaban J connectivity index is 1.85. The minimum Gasteiger partial charge on any atom is -0.383 e. The second kappa shape index (κ2) is 3.98. The largest absolute Gasteiger partial charge is 0.383 e. The van der Waals surface area contributed by atoms with E-state index in [0.29, 0.717) is 5.82 Å². The first-order valence-electron chi connectivity index (χ1n) is 6.37. The van der Waals surface area contributed by atoms with Gasteiger partial charge >= 0.3 is 0 Å². The molecule has 0 spiro atoms. The predicted molar refractivity (Wildman–Crippen MR) is 72.3 cm³/mol. The van der Waals surface area contributed by atoms with Crippen LogP contribution in [0.2, 0.25) is 0 Å². The van der Waals surface area contributed by atoms with Gasteiger partial charge in [-0.3, -0.25) is 0 Å². The molecule has 0 aliphatic carbocycles. The molecule has 3 heterocycles. The molecule has 6 nitrogen and oxygen atoms in total. The number of rotatable bonds is 1. The van der Waals surface area contributed by atoms with Crippen molar-refractivity contribution in [2.75, 3.05) is 49.6 Å². The van der Waals surface area contributed by atoms with Crippen molar-refractivity contribution in [2.24, 2.45) is 11.8 Å². The van der Waals surface area contributed by atoms with Crippen molar-refractivity contribution in [2.45, 2.75) is 6.92 Å². The highest BCUT2D eigenvalue weighted by molar-refractivity contribution is 5.59. The molecule has 1 aromatic heterocycles. The number of nitrogens with two attached hydrogens (primary N) is 2. The van der Waals surface area contributed by atoms with E-state index in [2.05, 4.69) is 26.8 Å². The molecular weight excluding hydrogens is 228 g/mol. The lowest BCUT2D eigenvalue weighted by atomic mass is 10.0. The fourth-order valence-corrected chi connectivity index (χ4v) is 3.25. The Kier molecular flexibility index (Phi) is 2.55. The summed E-state index contributed by atoms with van der Waals surface area (Å²) in [5.41, 5.74) is 12.5. The van der Waals surface area contributed by atoms with Crippen molar-refractivity contribution in [1.82, 2.24) is 14.9 Å². The maximum Gasteiger partial charge on any atom is 0.223 e. The van der Waals surface area contributed by atoms with Crippen LogP contribution in [0, 0.1) is 18.8 Å². The topological polar surface area (TPSA) is 84.3 Å². The number of likely N-dealkylation sites (tertiary alicyclic amines) is 1. The molecule has 2 saturated heterocycles. The zero-order valence-corrected chi connectivity index (χ0v) is 10.9. The van der Waals surface area contributed by atoms with E-state index in [1.54, 1.807) is 0 Å². The van der Waals surface area contributed by atoms with Gasteiger partial charge in [0, 0.05) is 31.7 Å².